The second kappa shape index (κ2) is 5.08. The molecule has 0 amide bonds. The van der Waals surface area contributed by atoms with Gasteiger partial charge in [0, 0.05) is 6.04 Å². The molecule has 1 saturated carbocycles. The average molecular weight is 225 g/mol. The maximum Gasteiger partial charge on any atom is 0.0129 e. The molecule has 1 fully saturated rings. The van der Waals surface area contributed by atoms with E-state index in [1.54, 1.807) is 0 Å². The van der Waals surface area contributed by atoms with Crippen LogP contribution in [0, 0.1) is 16.7 Å². The van der Waals surface area contributed by atoms with Crippen molar-refractivity contribution < 1.29 is 0 Å². The predicted molar refractivity (Wildman–Crippen MR) is 72.7 cm³/mol. The van der Waals surface area contributed by atoms with Crippen molar-refractivity contribution in [2.24, 2.45) is 16.7 Å². The maximum absolute atomic E-state index is 3.76. The van der Waals surface area contributed by atoms with Crippen molar-refractivity contribution in [2.45, 2.75) is 73.3 Å². The largest absolute Gasteiger partial charge is 0.313 e. The van der Waals surface area contributed by atoms with Crippen molar-refractivity contribution in [2.75, 3.05) is 6.54 Å². The zero-order valence-corrected chi connectivity index (χ0v) is 12.2. The van der Waals surface area contributed by atoms with E-state index < -0.39 is 0 Å². The summed E-state index contributed by atoms with van der Waals surface area (Å²) in [7, 11) is 0. The fourth-order valence-electron chi connectivity index (χ4n) is 3.84. The second-order valence-corrected chi connectivity index (χ2v) is 6.60. The van der Waals surface area contributed by atoms with Crippen LogP contribution in [0.4, 0.5) is 0 Å². The van der Waals surface area contributed by atoms with E-state index in [0.29, 0.717) is 10.8 Å². The Morgan fingerprint density at radius 3 is 2.06 bits per heavy atom. The van der Waals surface area contributed by atoms with Crippen molar-refractivity contribution in [3.63, 3.8) is 0 Å². The minimum Gasteiger partial charge on any atom is -0.313 e. The quantitative estimate of drug-likeness (QED) is 0.738. The Labute approximate surface area is 102 Å². The molecule has 1 heteroatoms. The first-order valence-corrected chi connectivity index (χ1v) is 7.15. The third kappa shape index (κ3) is 2.30. The van der Waals surface area contributed by atoms with Crippen molar-refractivity contribution in [1.82, 2.24) is 5.32 Å². The van der Waals surface area contributed by atoms with E-state index >= 15 is 0 Å². The zero-order valence-electron chi connectivity index (χ0n) is 12.2. The number of hydrogen-bond acceptors (Lipinski definition) is 1. The van der Waals surface area contributed by atoms with E-state index in [0.717, 1.165) is 12.0 Å². The van der Waals surface area contributed by atoms with Gasteiger partial charge in [0.05, 0.1) is 0 Å². The number of hydrogen-bond donors (Lipinski definition) is 1. The highest BCUT2D eigenvalue weighted by atomic mass is 15.0. The summed E-state index contributed by atoms with van der Waals surface area (Å²) in [5.41, 5.74) is 1.03. The molecule has 0 bridgehead atoms. The van der Waals surface area contributed by atoms with Crippen LogP contribution in [0.25, 0.3) is 0 Å². The van der Waals surface area contributed by atoms with Gasteiger partial charge >= 0.3 is 0 Å². The molecule has 0 aliphatic heterocycles. The van der Waals surface area contributed by atoms with Gasteiger partial charge in [-0.05, 0) is 49.0 Å². The van der Waals surface area contributed by atoms with Gasteiger partial charge < -0.3 is 5.32 Å². The summed E-state index contributed by atoms with van der Waals surface area (Å²) in [5.74, 6) is 0.893. The molecule has 2 atom stereocenters. The Bertz CT molecular complexity index is 210. The van der Waals surface area contributed by atoms with Gasteiger partial charge in [0.1, 0.15) is 0 Å². The topological polar surface area (TPSA) is 12.0 Å². The van der Waals surface area contributed by atoms with Gasteiger partial charge in [-0.15, -0.1) is 0 Å². The van der Waals surface area contributed by atoms with Crippen molar-refractivity contribution >= 4 is 0 Å². The van der Waals surface area contributed by atoms with Gasteiger partial charge in [-0.2, -0.15) is 0 Å². The standard InChI is InChI=1S/C15H31N/c1-7-10-16-13-11-12(14(4,5)6)15(13,8-2)9-3/h12-13,16H,7-11H2,1-6H3. The van der Waals surface area contributed by atoms with Crippen LogP contribution >= 0.6 is 0 Å². The zero-order chi connectivity index (χ0) is 12.4. The maximum atomic E-state index is 3.76. The smallest absolute Gasteiger partial charge is 0.0129 e. The van der Waals surface area contributed by atoms with E-state index in [2.05, 4.69) is 46.9 Å². The first-order valence-electron chi connectivity index (χ1n) is 7.15. The fourth-order valence-corrected chi connectivity index (χ4v) is 3.84. The molecule has 0 aromatic heterocycles. The molecular formula is C15H31N. The third-order valence-corrected chi connectivity index (χ3v) is 4.86. The SMILES string of the molecule is CCCNC1CC(C(C)(C)C)C1(CC)CC. The highest BCUT2D eigenvalue weighted by Crippen LogP contribution is 2.58. The van der Waals surface area contributed by atoms with Crippen LogP contribution < -0.4 is 5.32 Å². The summed E-state index contributed by atoms with van der Waals surface area (Å²) in [5, 5.41) is 3.76. The lowest BCUT2D eigenvalue weighted by Gasteiger charge is -2.61. The van der Waals surface area contributed by atoms with Crippen LogP contribution in [-0.2, 0) is 0 Å². The minimum absolute atomic E-state index is 0.469. The Morgan fingerprint density at radius 2 is 1.69 bits per heavy atom. The minimum atomic E-state index is 0.469. The lowest BCUT2D eigenvalue weighted by Crippen LogP contribution is -2.62. The Balaban J connectivity index is 2.73. The molecule has 0 heterocycles. The number of rotatable bonds is 5. The summed E-state index contributed by atoms with van der Waals surface area (Å²) in [6, 6.07) is 0.770. The van der Waals surface area contributed by atoms with Crippen molar-refractivity contribution in [3.8, 4) is 0 Å². The van der Waals surface area contributed by atoms with Gasteiger partial charge in [0.15, 0.2) is 0 Å². The van der Waals surface area contributed by atoms with Crippen LogP contribution in [0.15, 0.2) is 0 Å². The Hall–Kier alpha value is -0.0400. The van der Waals surface area contributed by atoms with E-state index in [9.17, 15) is 0 Å². The molecule has 2 unspecified atom stereocenters. The van der Waals surface area contributed by atoms with Gasteiger partial charge in [0.25, 0.3) is 0 Å². The molecule has 1 N–H and O–H groups in total. The third-order valence-electron chi connectivity index (χ3n) is 4.86. The van der Waals surface area contributed by atoms with E-state index in [1.165, 1.54) is 32.2 Å². The first-order chi connectivity index (χ1) is 7.42. The second-order valence-electron chi connectivity index (χ2n) is 6.60. The first kappa shape index (κ1) is 14.0. The molecule has 0 radical (unpaired) electrons. The van der Waals surface area contributed by atoms with E-state index in [-0.39, 0.29) is 0 Å². The van der Waals surface area contributed by atoms with Crippen LogP contribution in [0.2, 0.25) is 0 Å². The van der Waals surface area contributed by atoms with Crippen molar-refractivity contribution in [1.29, 1.82) is 0 Å². The molecule has 0 aromatic carbocycles. The summed E-state index contributed by atoms with van der Waals surface area (Å²) in [6.45, 7) is 15.4. The van der Waals surface area contributed by atoms with Crippen LogP contribution in [0.5, 0.6) is 0 Å². The van der Waals surface area contributed by atoms with E-state index in [4.69, 9.17) is 0 Å². The monoisotopic (exact) mass is 225 g/mol. The molecule has 1 aliphatic carbocycles. The average Bonchev–Trinajstić information content (AvgIpc) is 2.17. The van der Waals surface area contributed by atoms with Gasteiger partial charge in [-0.1, -0.05) is 41.5 Å². The molecule has 0 aromatic rings. The Kier molecular flexibility index (Phi) is 4.45. The summed E-state index contributed by atoms with van der Waals surface area (Å²) >= 11 is 0. The van der Waals surface area contributed by atoms with Gasteiger partial charge in [0.2, 0.25) is 0 Å². The molecule has 16 heavy (non-hydrogen) atoms. The summed E-state index contributed by atoms with van der Waals surface area (Å²) in [6.07, 6.45) is 5.28. The van der Waals surface area contributed by atoms with E-state index in [1.807, 2.05) is 0 Å². The molecule has 1 aliphatic rings. The molecule has 1 rings (SSSR count). The molecule has 0 spiro atoms. The Morgan fingerprint density at radius 1 is 1.12 bits per heavy atom. The highest BCUT2D eigenvalue weighted by molar-refractivity contribution is 5.08. The number of nitrogens with one attached hydrogen (secondary N) is 1. The molecular weight excluding hydrogens is 194 g/mol. The van der Waals surface area contributed by atoms with Crippen LogP contribution in [-0.4, -0.2) is 12.6 Å². The van der Waals surface area contributed by atoms with Gasteiger partial charge in [-0.25, -0.2) is 0 Å². The highest BCUT2D eigenvalue weighted by Gasteiger charge is 2.55. The molecule has 0 saturated heterocycles. The van der Waals surface area contributed by atoms with Gasteiger partial charge in [-0.3, -0.25) is 0 Å². The fraction of sp³-hybridized carbons (Fsp3) is 1.00. The molecule has 1 nitrogen and oxygen atoms in total. The van der Waals surface area contributed by atoms with Crippen LogP contribution in [0.3, 0.4) is 0 Å². The lowest BCUT2D eigenvalue weighted by atomic mass is 9.47. The van der Waals surface area contributed by atoms with Crippen molar-refractivity contribution in [3.05, 3.63) is 0 Å². The predicted octanol–water partition coefficient (Wildman–Crippen LogP) is 4.23. The molecule has 96 valence electrons. The summed E-state index contributed by atoms with van der Waals surface area (Å²) in [4.78, 5) is 0. The van der Waals surface area contributed by atoms with Crippen LogP contribution in [0.1, 0.15) is 67.2 Å². The summed E-state index contributed by atoms with van der Waals surface area (Å²) < 4.78 is 0. The lowest BCUT2D eigenvalue weighted by molar-refractivity contribution is -0.0892. The normalized spacial score (nSPS) is 28.9.